The molecule has 1 unspecified atom stereocenters. The summed E-state index contributed by atoms with van der Waals surface area (Å²) in [6.45, 7) is 7.91. The quantitative estimate of drug-likeness (QED) is 0.196. The van der Waals surface area contributed by atoms with Crippen LogP contribution in [0.4, 0.5) is 27.8 Å². The van der Waals surface area contributed by atoms with Crippen LogP contribution in [0.5, 0.6) is 0 Å². The topological polar surface area (TPSA) is 186 Å². The molecule has 0 bridgehead atoms. The molecular weight excluding hydrogens is 739 g/mol. The van der Waals surface area contributed by atoms with Gasteiger partial charge in [-0.3, -0.25) is 19.7 Å². The maximum atomic E-state index is 12.7. The molecule has 5 aliphatic heterocycles. The van der Waals surface area contributed by atoms with Crippen LogP contribution < -0.4 is 26.2 Å². The summed E-state index contributed by atoms with van der Waals surface area (Å²) >= 11 is 0. The van der Waals surface area contributed by atoms with E-state index in [-0.39, 0.29) is 29.6 Å². The summed E-state index contributed by atoms with van der Waals surface area (Å²) in [5.74, 6) is 0.299. The number of carbonyl (C=O) groups is 4. The molecule has 0 aliphatic carbocycles. The van der Waals surface area contributed by atoms with E-state index < -0.39 is 11.8 Å². The molecule has 5 aliphatic rings. The van der Waals surface area contributed by atoms with Gasteiger partial charge >= 0.3 is 6.03 Å². The zero-order valence-corrected chi connectivity index (χ0v) is 32.9. The lowest BCUT2D eigenvalue weighted by molar-refractivity contribution is -0.134. The number of urea groups is 1. The standard InChI is InChI=1S/C42H51N11O5/c1-49-20-21-53(42(49)57)30-4-3-16-52(25-30)34-22-44-37(39(43)55)40(46-34)45-29-9-7-27(8-10-29)28-14-17-50(18-15-28)23-26-13-19-51(24-26)33-6-2-5-31-36(48-58-38(31)33)32-11-12-35(54)47-41(32)56/h2,5-10,22,26,28,30,32H,3-4,11-21,23-25H2,1H3,(H2,43,55)(H,45,46)(H,47,54,56)/t26-,30-,32?/m1/s1. The third-order valence-corrected chi connectivity index (χ3v) is 12.9. The van der Waals surface area contributed by atoms with E-state index in [2.05, 4.69) is 53.7 Å². The molecule has 0 radical (unpaired) electrons. The number of benzene rings is 2. The highest BCUT2D eigenvalue weighted by molar-refractivity contribution is 6.03. The first-order chi connectivity index (χ1) is 28.2. The molecule has 2 aromatic carbocycles. The average molecular weight is 790 g/mol. The lowest BCUT2D eigenvalue weighted by Crippen LogP contribution is -2.49. The van der Waals surface area contributed by atoms with Gasteiger partial charge < -0.3 is 40.1 Å². The monoisotopic (exact) mass is 789 g/mol. The van der Waals surface area contributed by atoms with E-state index in [1.54, 1.807) is 11.1 Å². The minimum atomic E-state index is -0.648. The van der Waals surface area contributed by atoms with E-state index >= 15 is 0 Å². The van der Waals surface area contributed by atoms with Crippen molar-refractivity contribution in [1.29, 1.82) is 0 Å². The van der Waals surface area contributed by atoms with Crippen LogP contribution in [0.15, 0.2) is 53.2 Å². The second kappa shape index (κ2) is 15.9. The van der Waals surface area contributed by atoms with Crippen molar-refractivity contribution in [3.05, 3.63) is 65.6 Å². The molecule has 58 heavy (non-hydrogen) atoms. The van der Waals surface area contributed by atoms with Gasteiger partial charge in [-0.1, -0.05) is 23.4 Å². The summed E-state index contributed by atoms with van der Waals surface area (Å²) in [5.41, 5.74) is 10.2. The average Bonchev–Trinajstić information content (AvgIpc) is 3.97. The summed E-state index contributed by atoms with van der Waals surface area (Å²) in [7, 11) is 1.84. The van der Waals surface area contributed by atoms with Gasteiger partial charge in [0.1, 0.15) is 11.5 Å². The van der Waals surface area contributed by atoms with E-state index in [4.69, 9.17) is 15.2 Å². The molecule has 5 saturated heterocycles. The summed E-state index contributed by atoms with van der Waals surface area (Å²) in [5, 5.41) is 10.9. The zero-order valence-electron chi connectivity index (χ0n) is 32.9. The Kier molecular flexibility index (Phi) is 10.3. The summed E-state index contributed by atoms with van der Waals surface area (Å²) in [4.78, 5) is 69.4. The Bertz CT molecular complexity index is 2200. The Balaban J connectivity index is 0.785. The van der Waals surface area contributed by atoms with Crippen LogP contribution in [0.2, 0.25) is 0 Å². The third kappa shape index (κ3) is 7.52. The molecule has 0 saturated carbocycles. The fourth-order valence-electron chi connectivity index (χ4n) is 9.63. The number of anilines is 4. The fourth-order valence-corrected chi connectivity index (χ4v) is 9.63. The second-order valence-corrected chi connectivity index (χ2v) is 16.6. The summed E-state index contributed by atoms with van der Waals surface area (Å²) < 4.78 is 5.85. The summed E-state index contributed by atoms with van der Waals surface area (Å²) in [6.07, 6.45) is 7.48. The van der Waals surface area contributed by atoms with Gasteiger partial charge in [0.05, 0.1) is 23.8 Å². The van der Waals surface area contributed by atoms with Crippen molar-refractivity contribution < 1.29 is 23.7 Å². The number of nitrogens with zero attached hydrogens (tertiary/aromatic N) is 8. The highest BCUT2D eigenvalue weighted by Gasteiger charge is 2.36. The molecule has 5 amide bonds. The number of aromatic nitrogens is 3. The van der Waals surface area contributed by atoms with Crippen molar-refractivity contribution in [2.24, 2.45) is 11.7 Å². The minimum Gasteiger partial charge on any atom is -0.368 e. The van der Waals surface area contributed by atoms with Gasteiger partial charge in [0, 0.05) is 70.4 Å². The Morgan fingerprint density at radius 3 is 2.52 bits per heavy atom. The lowest BCUT2D eigenvalue weighted by atomic mass is 9.89. The SMILES string of the molecule is CN1CCN([C@@H]2CCCN(c3cnc(C(N)=O)c(Nc4ccc(C5CCN(C[C@H]6CCN(c7cccc8c(C9CCC(=O)NC9=O)noc78)C6)CC5)cc4)n3)C2)C1=O. The predicted molar refractivity (Wildman–Crippen MR) is 218 cm³/mol. The number of rotatable bonds is 10. The van der Waals surface area contributed by atoms with E-state index in [0.29, 0.717) is 54.1 Å². The first kappa shape index (κ1) is 37.8. The molecule has 3 atom stereocenters. The second-order valence-electron chi connectivity index (χ2n) is 16.6. The molecule has 16 nitrogen and oxygen atoms in total. The number of hydrogen-bond acceptors (Lipinski definition) is 12. The van der Waals surface area contributed by atoms with Gasteiger partial charge in [0.2, 0.25) is 11.8 Å². The molecule has 0 spiro atoms. The van der Waals surface area contributed by atoms with Crippen LogP contribution >= 0.6 is 0 Å². The van der Waals surface area contributed by atoms with Crippen molar-refractivity contribution in [2.45, 2.75) is 62.8 Å². The van der Waals surface area contributed by atoms with Crippen LogP contribution in [0.1, 0.15) is 78.5 Å². The number of nitrogens with two attached hydrogens (primary N) is 1. The number of nitrogens with one attached hydrogen (secondary N) is 2. The largest absolute Gasteiger partial charge is 0.368 e. The van der Waals surface area contributed by atoms with Gasteiger partial charge in [-0.2, -0.15) is 0 Å². The molecule has 16 heteroatoms. The van der Waals surface area contributed by atoms with Crippen molar-refractivity contribution in [1.82, 2.24) is 35.1 Å². The maximum Gasteiger partial charge on any atom is 0.320 e. The molecule has 9 rings (SSSR count). The van der Waals surface area contributed by atoms with Gasteiger partial charge in [0.15, 0.2) is 17.1 Å². The fraction of sp³-hybridized carbons (Fsp3) is 0.500. The Hall–Kier alpha value is -5.77. The highest BCUT2D eigenvalue weighted by Crippen LogP contribution is 2.37. The Morgan fingerprint density at radius 1 is 0.931 bits per heavy atom. The molecular formula is C42H51N11O5. The van der Waals surface area contributed by atoms with E-state index in [1.807, 2.05) is 36.2 Å². The first-order valence-electron chi connectivity index (χ1n) is 20.7. The van der Waals surface area contributed by atoms with Gasteiger partial charge in [-0.25, -0.2) is 14.8 Å². The molecule has 4 aromatic rings. The molecule has 2 aromatic heterocycles. The van der Waals surface area contributed by atoms with Crippen LogP contribution in [0.25, 0.3) is 11.0 Å². The number of primary amides is 1. The van der Waals surface area contributed by atoms with Crippen LogP contribution in [0, 0.1) is 5.92 Å². The Labute approximate surface area is 337 Å². The predicted octanol–water partition coefficient (Wildman–Crippen LogP) is 4.02. The van der Waals surface area contributed by atoms with Gasteiger partial charge in [-0.05, 0) is 93.3 Å². The van der Waals surface area contributed by atoms with Crippen molar-refractivity contribution in [3.63, 3.8) is 0 Å². The van der Waals surface area contributed by atoms with Crippen molar-refractivity contribution in [3.8, 4) is 0 Å². The molecule has 5 fully saturated rings. The number of hydrogen-bond donors (Lipinski definition) is 3. The highest BCUT2D eigenvalue weighted by atomic mass is 16.5. The number of amides is 5. The molecule has 4 N–H and O–H groups in total. The van der Waals surface area contributed by atoms with Gasteiger partial charge in [-0.15, -0.1) is 0 Å². The third-order valence-electron chi connectivity index (χ3n) is 12.9. The summed E-state index contributed by atoms with van der Waals surface area (Å²) in [6, 6.07) is 14.6. The van der Waals surface area contributed by atoms with Crippen molar-refractivity contribution in [2.75, 3.05) is 81.1 Å². The Morgan fingerprint density at radius 2 is 1.76 bits per heavy atom. The number of para-hydroxylation sites is 1. The smallest absolute Gasteiger partial charge is 0.320 e. The van der Waals surface area contributed by atoms with E-state index in [0.717, 1.165) is 101 Å². The number of fused-ring (bicyclic) bond motifs is 1. The van der Waals surface area contributed by atoms with Crippen LogP contribution in [-0.2, 0) is 9.59 Å². The number of likely N-dealkylation sites (N-methyl/N-ethyl adjacent to an activating group) is 1. The minimum absolute atomic E-state index is 0.0692. The van der Waals surface area contributed by atoms with Crippen molar-refractivity contribution >= 4 is 57.7 Å². The van der Waals surface area contributed by atoms with Crippen LogP contribution in [-0.4, -0.2) is 126 Å². The van der Waals surface area contributed by atoms with E-state index in [9.17, 15) is 19.2 Å². The zero-order chi connectivity index (χ0) is 39.9. The van der Waals surface area contributed by atoms with E-state index in [1.165, 1.54) is 5.56 Å². The first-order valence-corrected chi connectivity index (χ1v) is 20.7. The normalized spacial score (nSPS) is 23.6. The number of likely N-dealkylation sites (tertiary alicyclic amines) is 1. The van der Waals surface area contributed by atoms with Crippen LogP contribution in [0.3, 0.4) is 0 Å². The number of imide groups is 1. The molecule has 7 heterocycles. The lowest BCUT2D eigenvalue weighted by Gasteiger charge is -2.37. The maximum absolute atomic E-state index is 12.7. The number of carbonyl (C=O) groups excluding carboxylic acids is 4. The molecule has 304 valence electrons. The number of piperidine rings is 3. The van der Waals surface area contributed by atoms with Gasteiger partial charge in [0.25, 0.3) is 5.91 Å².